The predicted octanol–water partition coefficient (Wildman–Crippen LogP) is 6.46. The number of allylic oxidation sites excluding steroid dienone is 2. The number of carbonyl (C=O) groups excluding carboxylic acids is 1. The molecule has 3 rings (SSSR count). The fraction of sp³-hybridized carbons (Fsp3) is 0.565. The van der Waals surface area contributed by atoms with Gasteiger partial charge in [0.15, 0.2) is 5.83 Å². The van der Waals surface area contributed by atoms with Crippen molar-refractivity contribution in [2.24, 2.45) is 11.8 Å². The van der Waals surface area contributed by atoms with Crippen molar-refractivity contribution in [1.29, 1.82) is 5.26 Å². The highest BCUT2D eigenvalue weighted by molar-refractivity contribution is 5.72. The topological polar surface area (TPSA) is 50.1 Å². The van der Waals surface area contributed by atoms with Crippen LogP contribution in [0.25, 0.3) is 0 Å². The number of nitriles is 1. The molecule has 0 aromatic heterocycles. The van der Waals surface area contributed by atoms with Crippen LogP contribution >= 0.6 is 0 Å². The molecule has 0 atom stereocenters. The standard InChI is InChI=1S/C23H25F4NO2/c24-20(14-28)13-15-1-11-21(12-2-15)30-22(29)18-5-3-16(4-6-18)17-7-9-19(10-8-17)23(25,26)27/h7-10,13,15-16,18,21H,1-6,11-12H2. The van der Waals surface area contributed by atoms with Gasteiger partial charge in [0.25, 0.3) is 0 Å². The predicted molar refractivity (Wildman–Crippen MR) is 103 cm³/mol. The van der Waals surface area contributed by atoms with Crippen LogP contribution in [0.15, 0.2) is 36.2 Å². The van der Waals surface area contributed by atoms with Crippen LogP contribution in [0.2, 0.25) is 0 Å². The average Bonchev–Trinajstić information content (AvgIpc) is 2.74. The van der Waals surface area contributed by atoms with Gasteiger partial charge in [0.2, 0.25) is 0 Å². The number of halogens is 4. The summed E-state index contributed by atoms with van der Waals surface area (Å²) >= 11 is 0. The van der Waals surface area contributed by atoms with E-state index < -0.39 is 17.6 Å². The van der Waals surface area contributed by atoms with Gasteiger partial charge in [-0.2, -0.15) is 22.8 Å². The number of carbonyl (C=O) groups is 1. The van der Waals surface area contributed by atoms with Crippen LogP contribution in [0.3, 0.4) is 0 Å². The van der Waals surface area contributed by atoms with Gasteiger partial charge >= 0.3 is 12.1 Å². The van der Waals surface area contributed by atoms with Crippen LogP contribution in [-0.2, 0) is 15.7 Å². The Balaban J connectivity index is 1.44. The molecule has 7 heteroatoms. The van der Waals surface area contributed by atoms with E-state index >= 15 is 0 Å². The van der Waals surface area contributed by atoms with Crippen LogP contribution in [0.1, 0.15) is 68.4 Å². The van der Waals surface area contributed by atoms with Crippen molar-refractivity contribution in [3.05, 3.63) is 47.3 Å². The molecule has 2 saturated carbocycles. The largest absolute Gasteiger partial charge is 0.462 e. The highest BCUT2D eigenvalue weighted by Crippen LogP contribution is 2.38. The third-order valence-corrected chi connectivity index (χ3v) is 6.26. The molecular weight excluding hydrogens is 398 g/mol. The molecule has 0 amide bonds. The zero-order valence-corrected chi connectivity index (χ0v) is 16.6. The third kappa shape index (κ3) is 5.84. The Labute approximate surface area is 173 Å². The number of nitrogens with zero attached hydrogens (tertiary/aromatic N) is 1. The van der Waals surface area contributed by atoms with Gasteiger partial charge < -0.3 is 4.74 Å². The summed E-state index contributed by atoms with van der Waals surface area (Å²) in [6.45, 7) is 0. The second kappa shape index (κ2) is 9.63. The molecule has 0 saturated heterocycles. The quantitative estimate of drug-likeness (QED) is 0.317. The molecule has 0 unspecified atom stereocenters. The minimum absolute atomic E-state index is 0.0128. The normalized spacial score (nSPS) is 27.9. The summed E-state index contributed by atoms with van der Waals surface area (Å²) in [5, 5.41) is 8.51. The summed E-state index contributed by atoms with van der Waals surface area (Å²) in [5.74, 6) is -0.972. The molecule has 0 radical (unpaired) electrons. The van der Waals surface area contributed by atoms with Gasteiger partial charge in [0.1, 0.15) is 12.2 Å². The van der Waals surface area contributed by atoms with Crippen molar-refractivity contribution in [2.75, 3.05) is 0 Å². The van der Waals surface area contributed by atoms with Crippen molar-refractivity contribution in [2.45, 2.75) is 69.6 Å². The van der Waals surface area contributed by atoms with Gasteiger partial charge in [0, 0.05) is 0 Å². The first-order chi connectivity index (χ1) is 14.3. The summed E-state index contributed by atoms with van der Waals surface area (Å²) in [6.07, 6.45) is 2.36. The maximum absolute atomic E-state index is 13.1. The maximum atomic E-state index is 13.1. The van der Waals surface area contributed by atoms with Gasteiger partial charge in [0.05, 0.1) is 11.5 Å². The Hall–Kier alpha value is -2.36. The zero-order chi connectivity index (χ0) is 21.7. The smallest absolute Gasteiger partial charge is 0.416 e. The Bertz CT molecular complexity index is 794. The van der Waals surface area contributed by atoms with Gasteiger partial charge in [-0.15, -0.1) is 0 Å². The molecule has 0 heterocycles. The zero-order valence-electron chi connectivity index (χ0n) is 16.6. The first-order valence-corrected chi connectivity index (χ1v) is 10.4. The lowest BCUT2D eigenvalue weighted by Crippen LogP contribution is -2.29. The van der Waals surface area contributed by atoms with Gasteiger partial charge in [-0.05, 0) is 87.0 Å². The van der Waals surface area contributed by atoms with E-state index in [4.69, 9.17) is 10.00 Å². The molecule has 3 nitrogen and oxygen atoms in total. The number of hydrogen-bond acceptors (Lipinski definition) is 3. The van der Waals surface area contributed by atoms with E-state index in [9.17, 15) is 22.4 Å². The third-order valence-electron chi connectivity index (χ3n) is 6.26. The summed E-state index contributed by atoms with van der Waals surface area (Å²) < 4.78 is 56.8. The van der Waals surface area contributed by atoms with Gasteiger partial charge in [-0.3, -0.25) is 4.79 Å². The molecule has 0 N–H and O–H groups in total. The van der Waals surface area contributed by atoms with Crippen molar-refractivity contribution in [3.63, 3.8) is 0 Å². The van der Waals surface area contributed by atoms with E-state index in [1.165, 1.54) is 24.3 Å². The summed E-state index contributed by atoms with van der Waals surface area (Å²) in [6, 6.07) is 6.78. The minimum atomic E-state index is -4.33. The van der Waals surface area contributed by atoms with Crippen molar-refractivity contribution < 1.29 is 27.1 Å². The number of ether oxygens (including phenoxy) is 1. The molecule has 2 aliphatic rings. The molecule has 0 aliphatic heterocycles. The van der Waals surface area contributed by atoms with E-state index in [-0.39, 0.29) is 29.8 Å². The Morgan fingerprint density at radius 3 is 2.13 bits per heavy atom. The van der Waals surface area contributed by atoms with Crippen LogP contribution in [0.5, 0.6) is 0 Å². The molecule has 0 spiro atoms. The number of benzene rings is 1. The first kappa shape index (κ1) is 22.3. The fourth-order valence-corrected chi connectivity index (χ4v) is 4.48. The monoisotopic (exact) mass is 423 g/mol. The van der Waals surface area contributed by atoms with E-state index in [0.29, 0.717) is 38.5 Å². The molecule has 2 fully saturated rings. The molecule has 162 valence electrons. The fourth-order valence-electron chi connectivity index (χ4n) is 4.48. The number of alkyl halides is 3. The Kier molecular flexibility index (Phi) is 7.17. The van der Waals surface area contributed by atoms with Crippen LogP contribution in [0, 0.1) is 23.2 Å². The van der Waals surface area contributed by atoms with Crippen molar-refractivity contribution in [1.82, 2.24) is 0 Å². The van der Waals surface area contributed by atoms with E-state index in [0.717, 1.165) is 30.5 Å². The summed E-state index contributed by atoms with van der Waals surface area (Å²) in [5.41, 5.74) is 0.231. The number of rotatable bonds is 4. The van der Waals surface area contributed by atoms with Gasteiger partial charge in [-0.1, -0.05) is 12.1 Å². The molecule has 2 aliphatic carbocycles. The second-order valence-corrected chi connectivity index (χ2v) is 8.27. The van der Waals surface area contributed by atoms with E-state index in [1.807, 2.05) is 0 Å². The molecule has 0 bridgehead atoms. The second-order valence-electron chi connectivity index (χ2n) is 8.27. The van der Waals surface area contributed by atoms with E-state index in [2.05, 4.69) is 0 Å². The van der Waals surface area contributed by atoms with Crippen LogP contribution < -0.4 is 0 Å². The van der Waals surface area contributed by atoms with Gasteiger partial charge in [-0.25, -0.2) is 0 Å². The maximum Gasteiger partial charge on any atom is 0.416 e. The van der Waals surface area contributed by atoms with E-state index in [1.54, 1.807) is 0 Å². The lowest BCUT2D eigenvalue weighted by molar-refractivity contribution is -0.157. The Morgan fingerprint density at radius 2 is 1.60 bits per heavy atom. The average molecular weight is 423 g/mol. The molecule has 1 aromatic carbocycles. The van der Waals surface area contributed by atoms with Crippen LogP contribution in [0.4, 0.5) is 17.6 Å². The summed E-state index contributed by atoms with van der Waals surface area (Å²) in [7, 11) is 0. The lowest BCUT2D eigenvalue weighted by atomic mass is 9.78. The van der Waals surface area contributed by atoms with Crippen LogP contribution in [-0.4, -0.2) is 12.1 Å². The first-order valence-electron chi connectivity index (χ1n) is 10.4. The number of hydrogen-bond donors (Lipinski definition) is 0. The summed E-state index contributed by atoms with van der Waals surface area (Å²) in [4.78, 5) is 12.5. The van der Waals surface area contributed by atoms with Crippen molar-refractivity contribution >= 4 is 5.97 Å². The number of esters is 1. The highest BCUT2D eigenvalue weighted by atomic mass is 19.4. The molecule has 30 heavy (non-hydrogen) atoms. The van der Waals surface area contributed by atoms with Crippen molar-refractivity contribution in [3.8, 4) is 6.07 Å². The highest BCUT2D eigenvalue weighted by Gasteiger charge is 2.33. The lowest BCUT2D eigenvalue weighted by Gasteiger charge is -2.31. The molecule has 1 aromatic rings. The Morgan fingerprint density at radius 1 is 1.00 bits per heavy atom. The minimum Gasteiger partial charge on any atom is -0.462 e. The SMILES string of the molecule is N#CC(F)=CC1CCC(OC(=O)C2CCC(c3ccc(C(F)(F)F)cc3)CC2)CC1. The molecular formula is C23H25F4NO2.